The van der Waals surface area contributed by atoms with Crippen molar-refractivity contribution in [3.8, 4) is 11.4 Å². The number of phenols is 1. The average molecular weight is 408 g/mol. The lowest BCUT2D eigenvalue weighted by atomic mass is 9.82. The van der Waals surface area contributed by atoms with Gasteiger partial charge in [-0.2, -0.15) is 13.2 Å². The van der Waals surface area contributed by atoms with E-state index >= 15 is 0 Å². The van der Waals surface area contributed by atoms with Gasteiger partial charge >= 0.3 is 6.18 Å². The first-order valence-corrected chi connectivity index (χ1v) is 9.26. The smallest absolute Gasteiger partial charge is 0.421 e. The van der Waals surface area contributed by atoms with Gasteiger partial charge in [-0.05, 0) is 42.5 Å². The van der Waals surface area contributed by atoms with Crippen molar-refractivity contribution < 1.29 is 22.7 Å². The van der Waals surface area contributed by atoms with Crippen molar-refractivity contribution in [3.63, 3.8) is 0 Å². The van der Waals surface area contributed by atoms with Crippen LogP contribution >= 0.6 is 0 Å². The third-order valence-electron chi connectivity index (χ3n) is 5.52. The van der Waals surface area contributed by atoms with Crippen LogP contribution in [0.4, 0.5) is 23.2 Å². The quantitative estimate of drug-likeness (QED) is 0.612. The highest BCUT2D eigenvalue weighted by Gasteiger charge is 2.39. The van der Waals surface area contributed by atoms with Gasteiger partial charge in [0, 0.05) is 24.8 Å². The molecule has 154 valence electrons. The van der Waals surface area contributed by atoms with Crippen molar-refractivity contribution in [2.45, 2.75) is 32.9 Å². The number of anilines is 1. The highest BCUT2D eigenvalue weighted by molar-refractivity contribution is 5.82. The first-order valence-electron chi connectivity index (χ1n) is 9.26. The lowest BCUT2D eigenvalue weighted by molar-refractivity contribution is -0.138. The molecule has 0 saturated carbocycles. The molecular formula is C20H20F4N4O. The predicted molar refractivity (Wildman–Crippen MR) is 101 cm³/mol. The fraction of sp³-hybridized carbons (Fsp3) is 0.400. The monoisotopic (exact) mass is 408 g/mol. The van der Waals surface area contributed by atoms with Gasteiger partial charge in [0.15, 0.2) is 11.6 Å². The summed E-state index contributed by atoms with van der Waals surface area (Å²) in [5.74, 6) is -2.85. The Kier molecular flexibility index (Phi) is 4.43. The van der Waals surface area contributed by atoms with Gasteiger partial charge in [0.2, 0.25) is 0 Å². The Labute approximate surface area is 164 Å². The van der Waals surface area contributed by atoms with Gasteiger partial charge < -0.3 is 10.0 Å². The maximum Gasteiger partial charge on any atom is 0.421 e. The number of hydrogen-bond donors (Lipinski definition) is 1. The van der Waals surface area contributed by atoms with E-state index < -0.39 is 28.8 Å². The molecule has 0 atom stereocenters. The largest absolute Gasteiger partial charge is 0.505 e. The second kappa shape index (κ2) is 6.60. The van der Waals surface area contributed by atoms with Crippen molar-refractivity contribution in [1.29, 1.82) is 0 Å². The second-order valence-electron chi connectivity index (χ2n) is 8.12. The Balaban J connectivity index is 1.70. The normalized spacial score (nSPS) is 17.1. The molecule has 1 aliphatic heterocycles. The molecule has 5 nitrogen and oxygen atoms in total. The number of piperidine rings is 1. The molecule has 0 bridgehead atoms. The van der Waals surface area contributed by atoms with Crippen molar-refractivity contribution in [2.24, 2.45) is 5.41 Å². The summed E-state index contributed by atoms with van der Waals surface area (Å²) in [6, 6.07) is 8.08. The molecule has 1 N–H and O–H groups in total. The maximum atomic E-state index is 13.9. The number of nitrogens with zero attached hydrogens (tertiary/aromatic N) is 4. The molecule has 2 aromatic carbocycles. The van der Waals surface area contributed by atoms with Crippen molar-refractivity contribution in [3.05, 3.63) is 41.7 Å². The zero-order chi connectivity index (χ0) is 21.0. The van der Waals surface area contributed by atoms with Gasteiger partial charge in [0.25, 0.3) is 0 Å². The number of phenolic OH excluding ortho intramolecular Hbond substituents is 1. The molecule has 3 aromatic rings. The molecule has 0 radical (unpaired) electrons. The van der Waals surface area contributed by atoms with Crippen LogP contribution in [0, 0.1) is 11.2 Å². The number of aromatic nitrogens is 3. The molecule has 0 spiro atoms. The van der Waals surface area contributed by atoms with E-state index in [-0.39, 0.29) is 5.52 Å². The minimum absolute atomic E-state index is 0.122. The number of halogens is 4. The van der Waals surface area contributed by atoms with E-state index in [9.17, 15) is 22.7 Å². The van der Waals surface area contributed by atoms with E-state index in [0.29, 0.717) is 11.1 Å². The molecule has 1 saturated heterocycles. The van der Waals surface area contributed by atoms with Crippen molar-refractivity contribution in [1.82, 2.24) is 15.0 Å². The first kappa shape index (κ1) is 19.5. The van der Waals surface area contributed by atoms with Crippen LogP contribution in [0.3, 0.4) is 0 Å². The number of rotatable bonds is 2. The molecule has 2 heterocycles. The summed E-state index contributed by atoms with van der Waals surface area (Å²) in [6.07, 6.45) is -2.85. The molecule has 1 fully saturated rings. The number of alkyl halides is 3. The molecular weight excluding hydrogens is 388 g/mol. The summed E-state index contributed by atoms with van der Waals surface area (Å²) in [7, 11) is 0. The van der Waals surface area contributed by atoms with E-state index in [1.807, 2.05) is 12.1 Å². The van der Waals surface area contributed by atoms with Gasteiger partial charge in [-0.3, -0.25) is 0 Å². The fourth-order valence-corrected chi connectivity index (χ4v) is 3.65. The van der Waals surface area contributed by atoms with Crippen LogP contribution in [0.1, 0.15) is 32.3 Å². The van der Waals surface area contributed by atoms with E-state index in [1.54, 1.807) is 12.1 Å². The summed E-state index contributed by atoms with van der Waals surface area (Å²) in [6.45, 7) is 6.36. The SMILES string of the molecule is CC1(C)CCN(c2ccc(-n3nnc4c(C(F)(F)F)c(F)c(O)cc43)cc2)CC1. The second-order valence-corrected chi connectivity index (χ2v) is 8.12. The highest BCUT2D eigenvalue weighted by Crippen LogP contribution is 2.40. The zero-order valence-corrected chi connectivity index (χ0v) is 16.0. The van der Waals surface area contributed by atoms with Gasteiger partial charge in [-0.25, -0.2) is 9.07 Å². The fourth-order valence-electron chi connectivity index (χ4n) is 3.65. The van der Waals surface area contributed by atoms with Crippen LogP contribution in [0.5, 0.6) is 5.75 Å². The Hall–Kier alpha value is -2.84. The van der Waals surface area contributed by atoms with Crippen LogP contribution in [-0.2, 0) is 6.18 Å². The number of fused-ring (bicyclic) bond motifs is 1. The van der Waals surface area contributed by atoms with Gasteiger partial charge in [0.05, 0.1) is 11.2 Å². The lowest BCUT2D eigenvalue weighted by Gasteiger charge is -2.38. The zero-order valence-electron chi connectivity index (χ0n) is 16.0. The number of hydrogen-bond acceptors (Lipinski definition) is 4. The van der Waals surface area contributed by atoms with E-state index in [2.05, 4.69) is 29.1 Å². The van der Waals surface area contributed by atoms with Crippen molar-refractivity contribution >= 4 is 16.7 Å². The Morgan fingerprint density at radius 3 is 2.21 bits per heavy atom. The average Bonchev–Trinajstić information content (AvgIpc) is 3.04. The van der Waals surface area contributed by atoms with Crippen molar-refractivity contribution in [2.75, 3.05) is 18.0 Å². The van der Waals surface area contributed by atoms with Crippen LogP contribution in [0.2, 0.25) is 0 Å². The number of aromatic hydroxyl groups is 1. The molecule has 4 rings (SSSR count). The molecule has 0 aliphatic carbocycles. The van der Waals surface area contributed by atoms with Gasteiger partial charge in [-0.15, -0.1) is 5.10 Å². The standard InChI is InChI=1S/C20H20F4N4O/c1-19(2)7-9-27(10-8-19)12-3-5-13(6-4-12)28-14-11-15(29)17(21)16(20(22,23)24)18(14)25-26-28/h3-6,11,29H,7-10H2,1-2H3. The highest BCUT2D eigenvalue weighted by atomic mass is 19.4. The molecule has 9 heteroatoms. The van der Waals surface area contributed by atoms with Crippen LogP contribution in [0.15, 0.2) is 30.3 Å². The lowest BCUT2D eigenvalue weighted by Crippen LogP contribution is -2.37. The summed E-state index contributed by atoms with van der Waals surface area (Å²) >= 11 is 0. The Morgan fingerprint density at radius 1 is 1.03 bits per heavy atom. The molecule has 29 heavy (non-hydrogen) atoms. The van der Waals surface area contributed by atoms with Gasteiger partial charge in [-0.1, -0.05) is 19.1 Å². The molecule has 1 aromatic heterocycles. The minimum atomic E-state index is -5.01. The third kappa shape index (κ3) is 3.49. The molecule has 0 amide bonds. The predicted octanol–water partition coefficient (Wildman–Crippen LogP) is 4.91. The summed E-state index contributed by atoms with van der Waals surface area (Å²) in [5.41, 5.74) is -0.583. The Bertz CT molecular complexity index is 1050. The van der Waals surface area contributed by atoms with Crippen LogP contribution in [0.25, 0.3) is 16.7 Å². The summed E-state index contributed by atoms with van der Waals surface area (Å²) in [5, 5.41) is 16.9. The van der Waals surface area contributed by atoms with E-state index in [0.717, 1.165) is 42.4 Å². The molecule has 1 aliphatic rings. The van der Waals surface area contributed by atoms with Crippen LogP contribution < -0.4 is 4.90 Å². The maximum absolute atomic E-state index is 13.9. The van der Waals surface area contributed by atoms with E-state index in [1.165, 1.54) is 0 Å². The summed E-state index contributed by atoms with van der Waals surface area (Å²) < 4.78 is 54.8. The summed E-state index contributed by atoms with van der Waals surface area (Å²) in [4.78, 5) is 2.26. The number of benzene rings is 2. The van der Waals surface area contributed by atoms with Gasteiger partial charge in [0.1, 0.15) is 11.1 Å². The molecule has 0 unspecified atom stereocenters. The van der Waals surface area contributed by atoms with E-state index in [4.69, 9.17) is 0 Å². The van der Waals surface area contributed by atoms with Crippen LogP contribution in [-0.4, -0.2) is 33.2 Å². The topological polar surface area (TPSA) is 54.2 Å². The minimum Gasteiger partial charge on any atom is -0.505 e. The first-order chi connectivity index (χ1) is 13.6. The Morgan fingerprint density at radius 2 is 1.62 bits per heavy atom. The third-order valence-corrected chi connectivity index (χ3v) is 5.52.